The van der Waals surface area contributed by atoms with Crippen molar-refractivity contribution in [2.24, 2.45) is 0 Å². The summed E-state index contributed by atoms with van der Waals surface area (Å²) in [6.07, 6.45) is 1.30. The molecule has 56 valence electrons. The van der Waals surface area contributed by atoms with Crippen molar-refractivity contribution < 1.29 is 0 Å². The Bertz CT molecular complexity index is 365. The van der Waals surface area contributed by atoms with Crippen LogP contribution >= 0.6 is 0 Å². The van der Waals surface area contributed by atoms with E-state index >= 15 is 0 Å². The molecule has 0 saturated carbocycles. The van der Waals surface area contributed by atoms with Crippen LogP contribution in [0, 0.1) is 11.3 Å². The van der Waals surface area contributed by atoms with E-state index in [1.165, 1.54) is 6.20 Å². The molecular formula is C5H5N5O. The summed E-state index contributed by atoms with van der Waals surface area (Å²) in [7, 11) is 0. The lowest BCUT2D eigenvalue weighted by Crippen LogP contribution is -2.12. The van der Waals surface area contributed by atoms with E-state index in [-0.39, 0.29) is 0 Å². The minimum Gasteiger partial charge on any atom is -0.244 e. The average molecular weight is 151 g/mol. The third kappa shape index (κ3) is 1.52. The van der Waals surface area contributed by atoms with E-state index in [2.05, 4.69) is 15.5 Å². The summed E-state index contributed by atoms with van der Waals surface area (Å²) in [5.41, 5.74) is -0.0689. The number of nitrogens with one attached hydrogen (secondary N) is 1. The normalized spacial score (nSPS) is 11.1. The Balaban J connectivity index is 3.07. The summed E-state index contributed by atoms with van der Waals surface area (Å²) < 4.78 is 0.957. The fourth-order valence-electron chi connectivity index (χ4n) is 0.502. The third-order valence-corrected chi connectivity index (χ3v) is 0.987. The molecule has 0 bridgehead atoms. The van der Waals surface area contributed by atoms with Gasteiger partial charge in [0.05, 0.1) is 6.07 Å². The molecule has 0 radical (unpaired) electrons. The van der Waals surface area contributed by atoms with Crippen molar-refractivity contribution >= 4 is 6.20 Å². The number of tetrazole rings is 1. The monoisotopic (exact) mass is 151 g/mol. The molecule has 0 spiro atoms. The summed E-state index contributed by atoms with van der Waals surface area (Å²) in [6.45, 7) is 1.57. The number of hydrogen-bond acceptors (Lipinski definition) is 4. The predicted octanol–water partition coefficient (Wildman–Crippen LogP) is -0.649. The molecule has 1 rings (SSSR count). The number of allylic oxidation sites excluding steroid dienone is 1. The topological polar surface area (TPSA) is 87.4 Å². The largest absolute Gasteiger partial charge is 0.365 e. The first-order valence-electron chi connectivity index (χ1n) is 2.82. The molecule has 11 heavy (non-hydrogen) atoms. The van der Waals surface area contributed by atoms with Gasteiger partial charge in [-0.15, -0.1) is 0 Å². The molecule has 0 saturated heterocycles. The second-order valence-corrected chi connectivity index (χ2v) is 1.87. The van der Waals surface area contributed by atoms with Gasteiger partial charge >= 0.3 is 5.69 Å². The maximum absolute atomic E-state index is 10.7. The van der Waals surface area contributed by atoms with Crippen LogP contribution in [-0.2, 0) is 0 Å². The van der Waals surface area contributed by atoms with Gasteiger partial charge in [-0.2, -0.15) is 9.94 Å². The molecule has 0 aliphatic carbocycles. The average Bonchev–Trinajstić information content (AvgIpc) is 2.37. The van der Waals surface area contributed by atoms with E-state index in [0.717, 1.165) is 4.68 Å². The summed E-state index contributed by atoms with van der Waals surface area (Å²) in [4.78, 5) is 10.7. The standard InChI is InChI=1S/C5H5N5O/c1-4(2-6)3-10-5(11)7-8-9-10/h3H,1H3,(H,7,9,11)/b4-3+. The smallest absolute Gasteiger partial charge is 0.244 e. The van der Waals surface area contributed by atoms with Crippen LogP contribution in [0.25, 0.3) is 6.20 Å². The Morgan fingerprint density at radius 2 is 2.64 bits per heavy atom. The van der Waals surface area contributed by atoms with Crippen molar-refractivity contribution in [3.63, 3.8) is 0 Å². The number of aromatic nitrogens is 4. The maximum Gasteiger partial charge on any atom is 0.365 e. The van der Waals surface area contributed by atoms with Gasteiger partial charge in [-0.25, -0.2) is 9.89 Å². The SMILES string of the molecule is C/C(C#N)=C\n1nn[nH]c1=O. The molecule has 6 heteroatoms. The van der Waals surface area contributed by atoms with Crippen LogP contribution < -0.4 is 5.69 Å². The molecule has 0 unspecified atom stereocenters. The van der Waals surface area contributed by atoms with Gasteiger partial charge in [0.2, 0.25) is 0 Å². The highest BCUT2D eigenvalue weighted by molar-refractivity contribution is 5.36. The van der Waals surface area contributed by atoms with Crippen molar-refractivity contribution in [2.45, 2.75) is 6.92 Å². The zero-order valence-corrected chi connectivity index (χ0v) is 5.77. The quantitative estimate of drug-likeness (QED) is 0.540. The highest BCUT2D eigenvalue weighted by atomic mass is 16.2. The summed E-state index contributed by atoms with van der Waals surface area (Å²) >= 11 is 0. The Labute approximate surface area is 61.7 Å². The van der Waals surface area contributed by atoms with Crippen LogP contribution in [0.4, 0.5) is 0 Å². The van der Waals surface area contributed by atoms with Crippen LogP contribution in [0.2, 0.25) is 0 Å². The van der Waals surface area contributed by atoms with Crippen molar-refractivity contribution in [3.05, 3.63) is 16.1 Å². The number of aromatic amines is 1. The minimum absolute atomic E-state index is 0.390. The molecule has 1 aromatic heterocycles. The fourth-order valence-corrected chi connectivity index (χ4v) is 0.502. The lowest BCUT2D eigenvalue weighted by atomic mass is 10.4. The zero-order valence-electron chi connectivity index (χ0n) is 5.77. The Kier molecular flexibility index (Phi) is 1.83. The third-order valence-electron chi connectivity index (χ3n) is 0.987. The predicted molar refractivity (Wildman–Crippen MR) is 36.2 cm³/mol. The number of nitrogens with zero attached hydrogens (tertiary/aromatic N) is 4. The Morgan fingerprint density at radius 3 is 3.09 bits per heavy atom. The molecule has 0 fully saturated rings. The second-order valence-electron chi connectivity index (χ2n) is 1.87. The van der Waals surface area contributed by atoms with Crippen molar-refractivity contribution in [1.82, 2.24) is 20.2 Å². The van der Waals surface area contributed by atoms with Crippen LogP contribution in [0.5, 0.6) is 0 Å². The van der Waals surface area contributed by atoms with Gasteiger partial charge in [-0.3, -0.25) is 0 Å². The lowest BCUT2D eigenvalue weighted by molar-refractivity contribution is 0.810. The molecule has 1 heterocycles. The molecule has 1 aromatic rings. The summed E-state index contributed by atoms with van der Waals surface area (Å²) in [5.74, 6) is 0. The van der Waals surface area contributed by atoms with Gasteiger partial charge < -0.3 is 0 Å². The highest BCUT2D eigenvalue weighted by Crippen LogP contribution is 1.87. The molecule has 1 N–H and O–H groups in total. The molecule has 6 nitrogen and oxygen atoms in total. The molecule has 0 aliphatic heterocycles. The van der Waals surface area contributed by atoms with Crippen molar-refractivity contribution in [3.8, 4) is 6.07 Å². The first kappa shape index (κ1) is 7.21. The molecule has 0 aliphatic rings. The van der Waals surface area contributed by atoms with E-state index in [0.29, 0.717) is 5.57 Å². The lowest BCUT2D eigenvalue weighted by Gasteiger charge is -1.83. The Morgan fingerprint density at radius 1 is 1.91 bits per heavy atom. The van der Waals surface area contributed by atoms with Gasteiger partial charge in [0, 0.05) is 11.8 Å². The molecule has 0 amide bonds. The van der Waals surface area contributed by atoms with Gasteiger partial charge in [0.15, 0.2) is 0 Å². The van der Waals surface area contributed by atoms with Crippen LogP contribution in [0.3, 0.4) is 0 Å². The van der Waals surface area contributed by atoms with E-state index < -0.39 is 5.69 Å². The van der Waals surface area contributed by atoms with E-state index in [4.69, 9.17) is 5.26 Å². The molecule has 0 atom stereocenters. The van der Waals surface area contributed by atoms with Gasteiger partial charge in [-0.05, 0) is 17.4 Å². The van der Waals surface area contributed by atoms with E-state index in [1.807, 2.05) is 6.07 Å². The summed E-state index contributed by atoms with van der Waals surface area (Å²) in [5, 5.41) is 17.0. The van der Waals surface area contributed by atoms with E-state index in [9.17, 15) is 4.79 Å². The number of hydrogen-bond donors (Lipinski definition) is 1. The van der Waals surface area contributed by atoms with Crippen LogP contribution in [0.1, 0.15) is 6.92 Å². The fraction of sp³-hybridized carbons (Fsp3) is 0.200. The minimum atomic E-state index is -0.459. The van der Waals surface area contributed by atoms with Gasteiger partial charge in [0.1, 0.15) is 0 Å². The first-order valence-corrected chi connectivity index (χ1v) is 2.82. The van der Waals surface area contributed by atoms with Crippen LogP contribution in [0.15, 0.2) is 10.4 Å². The first-order chi connectivity index (χ1) is 5.24. The maximum atomic E-state index is 10.7. The second kappa shape index (κ2) is 2.79. The van der Waals surface area contributed by atoms with Gasteiger partial charge in [0.25, 0.3) is 0 Å². The van der Waals surface area contributed by atoms with Crippen LogP contribution in [-0.4, -0.2) is 20.2 Å². The van der Waals surface area contributed by atoms with Gasteiger partial charge in [-0.1, -0.05) is 0 Å². The van der Waals surface area contributed by atoms with Crippen molar-refractivity contribution in [2.75, 3.05) is 0 Å². The number of rotatable bonds is 1. The number of H-pyrrole nitrogens is 1. The molecular weight excluding hydrogens is 146 g/mol. The Hall–Kier alpha value is -1.90. The zero-order chi connectivity index (χ0) is 8.27. The summed E-state index contributed by atoms with van der Waals surface area (Å²) in [6, 6.07) is 1.85. The van der Waals surface area contributed by atoms with E-state index in [1.54, 1.807) is 6.92 Å². The van der Waals surface area contributed by atoms with Crippen molar-refractivity contribution in [1.29, 1.82) is 5.26 Å². The number of nitriles is 1. The highest BCUT2D eigenvalue weighted by Gasteiger charge is 1.93. The molecule has 0 aromatic carbocycles.